The van der Waals surface area contributed by atoms with Gasteiger partial charge in [0.2, 0.25) is 11.7 Å². The third-order valence-electron chi connectivity index (χ3n) is 3.95. The van der Waals surface area contributed by atoms with E-state index in [1.54, 1.807) is 14.2 Å². The molecule has 0 radical (unpaired) electrons. The Balaban J connectivity index is 1.84. The summed E-state index contributed by atoms with van der Waals surface area (Å²) in [4.78, 5) is 9.05. The van der Waals surface area contributed by atoms with Gasteiger partial charge in [-0.15, -0.1) is 0 Å². The lowest BCUT2D eigenvalue weighted by Crippen LogP contribution is -1.94. The first-order valence-electron chi connectivity index (χ1n) is 7.81. The number of ether oxygens (including phenoxy) is 2. The van der Waals surface area contributed by atoms with Crippen molar-refractivity contribution in [3.8, 4) is 34.5 Å². The van der Waals surface area contributed by atoms with E-state index in [2.05, 4.69) is 31.1 Å². The van der Waals surface area contributed by atoms with Crippen molar-refractivity contribution in [1.29, 1.82) is 0 Å². The molecular formula is C19H14BrN3O3. The molecule has 6 nitrogen and oxygen atoms in total. The van der Waals surface area contributed by atoms with E-state index in [1.807, 2.05) is 48.5 Å². The molecule has 0 bridgehead atoms. The van der Waals surface area contributed by atoms with Crippen LogP contribution in [0.25, 0.3) is 33.7 Å². The zero-order valence-corrected chi connectivity index (χ0v) is 15.6. The second-order valence-corrected chi connectivity index (χ2v) is 6.36. The Labute approximate surface area is 157 Å². The number of hydrogen-bond donors (Lipinski definition) is 0. The first-order chi connectivity index (χ1) is 12.7. The number of aromatic nitrogens is 3. The number of hydrogen-bond acceptors (Lipinski definition) is 6. The Morgan fingerprint density at radius 3 is 2.54 bits per heavy atom. The normalized spacial score (nSPS) is 10.9. The molecule has 2 heterocycles. The maximum absolute atomic E-state index is 5.44. The Kier molecular flexibility index (Phi) is 4.30. The first-order valence-corrected chi connectivity index (χ1v) is 8.60. The highest BCUT2D eigenvalue weighted by Crippen LogP contribution is 2.33. The van der Waals surface area contributed by atoms with E-state index in [0.717, 1.165) is 26.7 Å². The second-order valence-electron chi connectivity index (χ2n) is 5.51. The van der Waals surface area contributed by atoms with E-state index < -0.39 is 0 Å². The molecule has 4 rings (SSSR count). The summed E-state index contributed by atoms with van der Waals surface area (Å²) in [5.41, 5.74) is 2.26. The van der Waals surface area contributed by atoms with Crippen molar-refractivity contribution in [3.05, 3.63) is 53.0 Å². The third kappa shape index (κ3) is 2.90. The molecule has 26 heavy (non-hydrogen) atoms. The molecule has 2 aromatic carbocycles. The first kappa shape index (κ1) is 16.5. The Morgan fingerprint density at radius 2 is 1.77 bits per heavy atom. The summed E-state index contributed by atoms with van der Waals surface area (Å²) in [6.07, 6.45) is 0. The van der Waals surface area contributed by atoms with Crippen LogP contribution in [0, 0.1) is 0 Å². The van der Waals surface area contributed by atoms with E-state index in [4.69, 9.17) is 14.0 Å². The van der Waals surface area contributed by atoms with Crippen LogP contribution >= 0.6 is 15.9 Å². The van der Waals surface area contributed by atoms with E-state index >= 15 is 0 Å². The number of benzene rings is 2. The molecule has 4 aromatic rings. The topological polar surface area (TPSA) is 70.3 Å². The Hall–Kier alpha value is -2.93. The molecule has 0 unspecified atom stereocenters. The number of pyridine rings is 1. The minimum absolute atomic E-state index is 0.407. The van der Waals surface area contributed by atoms with Gasteiger partial charge in [0.15, 0.2) is 0 Å². The highest BCUT2D eigenvalue weighted by Gasteiger charge is 2.18. The zero-order chi connectivity index (χ0) is 18.1. The summed E-state index contributed by atoms with van der Waals surface area (Å²) in [6, 6.07) is 15.2. The summed E-state index contributed by atoms with van der Waals surface area (Å²) in [5.74, 6) is 2.00. The average Bonchev–Trinajstić information content (AvgIpc) is 3.16. The molecule has 0 saturated heterocycles. The largest absolute Gasteiger partial charge is 0.497 e. The third-order valence-corrected chi connectivity index (χ3v) is 4.64. The van der Waals surface area contributed by atoms with Crippen molar-refractivity contribution in [3.63, 3.8) is 0 Å². The Morgan fingerprint density at radius 1 is 0.923 bits per heavy atom. The smallest absolute Gasteiger partial charge is 0.259 e. The molecule has 2 aromatic heterocycles. The molecule has 0 atom stereocenters. The van der Waals surface area contributed by atoms with Gasteiger partial charge in [0.25, 0.3) is 5.89 Å². The summed E-state index contributed by atoms with van der Waals surface area (Å²) >= 11 is 3.50. The van der Waals surface area contributed by atoms with E-state index in [9.17, 15) is 0 Å². The van der Waals surface area contributed by atoms with E-state index in [1.165, 1.54) is 0 Å². The van der Waals surface area contributed by atoms with Gasteiger partial charge in [-0.1, -0.05) is 17.3 Å². The van der Waals surface area contributed by atoms with Crippen molar-refractivity contribution in [2.45, 2.75) is 0 Å². The number of nitrogens with zero attached hydrogens (tertiary/aromatic N) is 3. The van der Waals surface area contributed by atoms with Crippen LogP contribution in [0.3, 0.4) is 0 Å². The standard InChI is InChI=1S/C19H14BrN3O3/c1-24-12-7-8-16-11(9-12)10-14(18(21-16)25-2)17-22-19(26-23-17)13-5-3-4-6-15(13)20/h3-10H,1-2H3. The van der Waals surface area contributed by atoms with Gasteiger partial charge in [-0.05, 0) is 52.3 Å². The molecule has 0 saturated carbocycles. The van der Waals surface area contributed by atoms with Gasteiger partial charge < -0.3 is 14.0 Å². The number of rotatable bonds is 4. The van der Waals surface area contributed by atoms with Gasteiger partial charge in [0.1, 0.15) is 5.75 Å². The molecule has 0 fully saturated rings. The predicted octanol–water partition coefficient (Wildman–Crippen LogP) is 4.73. The molecule has 0 aliphatic heterocycles. The monoisotopic (exact) mass is 411 g/mol. The van der Waals surface area contributed by atoms with E-state index in [0.29, 0.717) is 23.2 Å². The number of methoxy groups -OCH3 is 2. The molecular weight excluding hydrogens is 398 g/mol. The van der Waals surface area contributed by atoms with Gasteiger partial charge in [0.05, 0.1) is 30.9 Å². The van der Waals surface area contributed by atoms with Gasteiger partial charge in [0, 0.05) is 9.86 Å². The molecule has 0 N–H and O–H groups in total. The zero-order valence-electron chi connectivity index (χ0n) is 14.1. The quantitative estimate of drug-likeness (QED) is 0.483. The van der Waals surface area contributed by atoms with Crippen molar-refractivity contribution < 1.29 is 14.0 Å². The average molecular weight is 412 g/mol. The van der Waals surface area contributed by atoms with Crippen LogP contribution in [0.5, 0.6) is 11.6 Å². The van der Waals surface area contributed by atoms with Gasteiger partial charge in [-0.25, -0.2) is 4.98 Å². The van der Waals surface area contributed by atoms with Crippen molar-refractivity contribution in [1.82, 2.24) is 15.1 Å². The highest BCUT2D eigenvalue weighted by molar-refractivity contribution is 9.10. The summed E-state index contributed by atoms with van der Waals surface area (Å²) in [6.45, 7) is 0. The minimum atomic E-state index is 0.407. The summed E-state index contributed by atoms with van der Waals surface area (Å²) in [7, 11) is 3.19. The van der Waals surface area contributed by atoms with Gasteiger partial charge in [-0.2, -0.15) is 4.98 Å². The molecule has 7 heteroatoms. The summed E-state index contributed by atoms with van der Waals surface area (Å²) in [5, 5.41) is 5.00. The number of fused-ring (bicyclic) bond motifs is 1. The van der Waals surface area contributed by atoms with Crippen LogP contribution < -0.4 is 9.47 Å². The van der Waals surface area contributed by atoms with Crippen LogP contribution in [-0.4, -0.2) is 29.3 Å². The lowest BCUT2D eigenvalue weighted by atomic mass is 10.1. The summed E-state index contributed by atoms with van der Waals surface area (Å²) < 4.78 is 17.0. The molecule has 0 spiro atoms. The van der Waals surface area contributed by atoms with Gasteiger partial charge >= 0.3 is 0 Å². The van der Waals surface area contributed by atoms with E-state index in [-0.39, 0.29) is 0 Å². The maximum atomic E-state index is 5.44. The fourth-order valence-corrected chi connectivity index (χ4v) is 3.11. The lowest BCUT2D eigenvalue weighted by Gasteiger charge is -2.07. The van der Waals surface area contributed by atoms with Crippen LogP contribution in [0.1, 0.15) is 0 Å². The highest BCUT2D eigenvalue weighted by atomic mass is 79.9. The van der Waals surface area contributed by atoms with Crippen LogP contribution in [0.15, 0.2) is 57.5 Å². The molecule has 0 amide bonds. The van der Waals surface area contributed by atoms with Crippen molar-refractivity contribution >= 4 is 26.8 Å². The van der Waals surface area contributed by atoms with Crippen LogP contribution in [0.2, 0.25) is 0 Å². The fraction of sp³-hybridized carbons (Fsp3) is 0.105. The van der Waals surface area contributed by atoms with Crippen LogP contribution in [0.4, 0.5) is 0 Å². The minimum Gasteiger partial charge on any atom is -0.497 e. The lowest BCUT2D eigenvalue weighted by molar-refractivity contribution is 0.399. The second kappa shape index (κ2) is 6.76. The number of halogens is 1. The fourth-order valence-electron chi connectivity index (χ4n) is 2.66. The SMILES string of the molecule is COc1ccc2nc(OC)c(-c3noc(-c4ccccc4Br)n3)cc2c1. The van der Waals surface area contributed by atoms with Crippen LogP contribution in [-0.2, 0) is 0 Å². The van der Waals surface area contributed by atoms with Gasteiger partial charge in [-0.3, -0.25) is 0 Å². The molecule has 130 valence electrons. The van der Waals surface area contributed by atoms with Crippen molar-refractivity contribution in [2.75, 3.05) is 14.2 Å². The molecule has 0 aliphatic rings. The Bertz CT molecular complexity index is 1090. The van der Waals surface area contributed by atoms with Crippen molar-refractivity contribution in [2.24, 2.45) is 0 Å². The predicted molar refractivity (Wildman–Crippen MR) is 101 cm³/mol. The maximum Gasteiger partial charge on any atom is 0.259 e. The molecule has 0 aliphatic carbocycles.